The van der Waals surface area contributed by atoms with Gasteiger partial charge in [-0.3, -0.25) is 0 Å². The number of hydrogen-bond donors (Lipinski definition) is 0. The lowest BCUT2D eigenvalue weighted by Gasteiger charge is -2.31. The summed E-state index contributed by atoms with van der Waals surface area (Å²) in [6.45, 7) is 2.26. The average Bonchev–Trinajstić information content (AvgIpc) is 2.89. The van der Waals surface area contributed by atoms with Gasteiger partial charge in [0.2, 0.25) is 0 Å². The standard InChI is InChI=1S/C14H19NOS/c1-2-11-5-6-12(9-15)14(8-11)17-10-13-4-3-7-16-13/h3-4,7,11-12,14H,2,5-6,8,10H2,1H3. The van der Waals surface area contributed by atoms with Crippen LogP contribution in [0, 0.1) is 23.2 Å². The third-order valence-electron chi connectivity index (χ3n) is 3.66. The van der Waals surface area contributed by atoms with E-state index in [4.69, 9.17) is 4.42 Å². The Morgan fingerprint density at radius 3 is 3.06 bits per heavy atom. The van der Waals surface area contributed by atoms with Gasteiger partial charge >= 0.3 is 0 Å². The molecule has 0 N–H and O–H groups in total. The molecule has 1 aliphatic rings. The third-order valence-corrected chi connectivity index (χ3v) is 5.06. The van der Waals surface area contributed by atoms with Crippen LogP contribution in [-0.2, 0) is 5.75 Å². The second kappa shape index (κ2) is 6.16. The molecule has 1 heterocycles. The molecule has 0 aromatic carbocycles. The highest BCUT2D eigenvalue weighted by Gasteiger charge is 2.30. The largest absolute Gasteiger partial charge is 0.468 e. The molecule has 2 rings (SSSR count). The number of nitrogens with zero attached hydrogens (tertiary/aromatic N) is 1. The molecule has 0 aliphatic heterocycles. The maximum absolute atomic E-state index is 9.19. The number of rotatable bonds is 4. The Morgan fingerprint density at radius 2 is 2.41 bits per heavy atom. The first-order valence-corrected chi connectivity index (χ1v) is 7.42. The molecule has 0 radical (unpaired) electrons. The fourth-order valence-electron chi connectivity index (χ4n) is 2.50. The molecule has 0 amide bonds. The monoisotopic (exact) mass is 249 g/mol. The fraction of sp³-hybridized carbons (Fsp3) is 0.643. The van der Waals surface area contributed by atoms with Crippen LogP contribution in [0.25, 0.3) is 0 Å². The molecular weight excluding hydrogens is 230 g/mol. The van der Waals surface area contributed by atoms with E-state index < -0.39 is 0 Å². The van der Waals surface area contributed by atoms with Crippen LogP contribution in [0.5, 0.6) is 0 Å². The number of thioether (sulfide) groups is 1. The smallest absolute Gasteiger partial charge is 0.113 e. The topological polar surface area (TPSA) is 36.9 Å². The summed E-state index contributed by atoms with van der Waals surface area (Å²) < 4.78 is 5.34. The number of hydrogen-bond acceptors (Lipinski definition) is 3. The maximum Gasteiger partial charge on any atom is 0.113 e. The molecule has 92 valence electrons. The van der Waals surface area contributed by atoms with Crippen LogP contribution in [0.1, 0.15) is 38.4 Å². The lowest BCUT2D eigenvalue weighted by Crippen LogP contribution is -2.26. The van der Waals surface area contributed by atoms with Gasteiger partial charge < -0.3 is 4.42 Å². The van der Waals surface area contributed by atoms with Crippen LogP contribution in [0.3, 0.4) is 0 Å². The summed E-state index contributed by atoms with van der Waals surface area (Å²) in [6.07, 6.45) is 6.46. The highest BCUT2D eigenvalue weighted by Crippen LogP contribution is 2.38. The van der Waals surface area contributed by atoms with E-state index >= 15 is 0 Å². The van der Waals surface area contributed by atoms with Gasteiger partial charge in [-0.2, -0.15) is 5.26 Å². The van der Waals surface area contributed by atoms with Gasteiger partial charge in [-0.25, -0.2) is 0 Å². The van der Waals surface area contributed by atoms with Crippen molar-refractivity contribution in [2.45, 2.75) is 43.6 Å². The summed E-state index contributed by atoms with van der Waals surface area (Å²) in [5, 5.41) is 9.68. The molecular formula is C14H19NOS. The lowest BCUT2D eigenvalue weighted by molar-refractivity contribution is 0.317. The highest BCUT2D eigenvalue weighted by molar-refractivity contribution is 7.99. The van der Waals surface area contributed by atoms with Crippen LogP contribution in [0.4, 0.5) is 0 Å². The van der Waals surface area contributed by atoms with Crippen LogP contribution in [-0.4, -0.2) is 5.25 Å². The normalized spacial score (nSPS) is 28.8. The predicted molar refractivity (Wildman–Crippen MR) is 70.5 cm³/mol. The molecule has 1 aromatic rings. The molecule has 17 heavy (non-hydrogen) atoms. The molecule has 1 aliphatic carbocycles. The van der Waals surface area contributed by atoms with Crippen molar-refractivity contribution in [1.82, 2.24) is 0 Å². The van der Waals surface area contributed by atoms with E-state index in [1.165, 1.54) is 19.3 Å². The summed E-state index contributed by atoms with van der Waals surface area (Å²) >= 11 is 1.89. The van der Waals surface area contributed by atoms with Crippen molar-refractivity contribution in [3.05, 3.63) is 24.2 Å². The fourth-order valence-corrected chi connectivity index (χ4v) is 3.88. The predicted octanol–water partition coefficient (Wildman–Crippen LogP) is 4.23. The van der Waals surface area contributed by atoms with Crippen molar-refractivity contribution in [1.29, 1.82) is 5.26 Å². The van der Waals surface area contributed by atoms with Gasteiger partial charge in [0.1, 0.15) is 5.76 Å². The number of furan rings is 1. The maximum atomic E-state index is 9.19. The number of nitriles is 1. The van der Waals surface area contributed by atoms with E-state index in [1.54, 1.807) is 6.26 Å². The van der Waals surface area contributed by atoms with Crippen molar-refractivity contribution in [2.75, 3.05) is 0 Å². The molecule has 1 saturated carbocycles. The van der Waals surface area contributed by atoms with Gasteiger partial charge in [0.05, 0.1) is 24.0 Å². The van der Waals surface area contributed by atoms with Gasteiger partial charge in [0, 0.05) is 5.25 Å². The summed E-state index contributed by atoms with van der Waals surface area (Å²) in [4.78, 5) is 0. The van der Waals surface area contributed by atoms with Crippen molar-refractivity contribution in [2.24, 2.45) is 11.8 Å². The van der Waals surface area contributed by atoms with E-state index in [0.717, 1.165) is 23.9 Å². The van der Waals surface area contributed by atoms with Gasteiger partial charge in [-0.05, 0) is 37.3 Å². The van der Waals surface area contributed by atoms with E-state index in [0.29, 0.717) is 5.25 Å². The highest BCUT2D eigenvalue weighted by atomic mass is 32.2. The first-order valence-electron chi connectivity index (χ1n) is 6.37. The molecule has 0 spiro atoms. The Labute approximate surface area is 107 Å². The quantitative estimate of drug-likeness (QED) is 0.801. The Bertz CT molecular complexity index is 368. The van der Waals surface area contributed by atoms with E-state index in [1.807, 2.05) is 23.9 Å². The van der Waals surface area contributed by atoms with Crippen LogP contribution in [0.15, 0.2) is 22.8 Å². The molecule has 3 heteroatoms. The minimum atomic E-state index is 0.234. The minimum Gasteiger partial charge on any atom is -0.468 e. The Kier molecular flexibility index (Phi) is 4.56. The molecule has 3 atom stereocenters. The van der Waals surface area contributed by atoms with Crippen molar-refractivity contribution >= 4 is 11.8 Å². The van der Waals surface area contributed by atoms with Gasteiger partial charge in [0.25, 0.3) is 0 Å². The zero-order valence-corrected chi connectivity index (χ0v) is 11.1. The van der Waals surface area contributed by atoms with E-state index in [-0.39, 0.29) is 5.92 Å². The zero-order valence-electron chi connectivity index (χ0n) is 10.3. The molecule has 2 nitrogen and oxygen atoms in total. The van der Waals surface area contributed by atoms with E-state index in [2.05, 4.69) is 13.0 Å². The first kappa shape index (κ1) is 12.6. The lowest BCUT2D eigenvalue weighted by atomic mass is 9.81. The Hall–Kier alpha value is -0.880. The summed E-state index contributed by atoms with van der Waals surface area (Å²) in [6, 6.07) is 6.41. The van der Waals surface area contributed by atoms with Gasteiger partial charge in [-0.1, -0.05) is 13.3 Å². The summed E-state index contributed by atoms with van der Waals surface area (Å²) in [5.41, 5.74) is 0. The second-order valence-electron chi connectivity index (χ2n) is 4.75. The van der Waals surface area contributed by atoms with Crippen LogP contribution >= 0.6 is 11.8 Å². The zero-order chi connectivity index (χ0) is 12.1. The summed E-state index contributed by atoms with van der Waals surface area (Å²) in [5.74, 6) is 2.96. The minimum absolute atomic E-state index is 0.234. The van der Waals surface area contributed by atoms with Gasteiger partial charge in [0.15, 0.2) is 0 Å². The van der Waals surface area contributed by atoms with Crippen molar-refractivity contribution in [3.8, 4) is 6.07 Å². The molecule has 1 aromatic heterocycles. The Balaban J connectivity index is 1.89. The van der Waals surface area contributed by atoms with Gasteiger partial charge in [-0.15, -0.1) is 11.8 Å². The summed E-state index contributed by atoms with van der Waals surface area (Å²) in [7, 11) is 0. The van der Waals surface area contributed by atoms with Crippen molar-refractivity contribution in [3.63, 3.8) is 0 Å². The van der Waals surface area contributed by atoms with Crippen molar-refractivity contribution < 1.29 is 4.42 Å². The van der Waals surface area contributed by atoms with Crippen LogP contribution < -0.4 is 0 Å². The average molecular weight is 249 g/mol. The molecule has 0 bridgehead atoms. The Morgan fingerprint density at radius 1 is 1.53 bits per heavy atom. The van der Waals surface area contributed by atoms with Crippen LogP contribution in [0.2, 0.25) is 0 Å². The second-order valence-corrected chi connectivity index (χ2v) is 5.98. The first-order chi connectivity index (χ1) is 8.33. The SMILES string of the molecule is CCC1CCC(C#N)C(SCc2ccco2)C1. The third kappa shape index (κ3) is 3.29. The molecule has 3 unspecified atom stereocenters. The van der Waals surface area contributed by atoms with E-state index in [9.17, 15) is 5.26 Å². The molecule has 0 saturated heterocycles. The molecule has 1 fully saturated rings.